The zero-order chi connectivity index (χ0) is 17.4. The van der Waals surface area contributed by atoms with E-state index in [0.29, 0.717) is 0 Å². The molecule has 3 rings (SSSR count). The summed E-state index contributed by atoms with van der Waals surface area (Å²) in [5.41, 5.74) is 1.15. The van der Waals surface area contributed by atoms with Gasteiger partial charge in [0.1, 0.15) is 0 Å². The molecule has 4 nitrogen and oxygen atoms in total. The van der Waals surface area contributed by atoms with E-state index in [2.05, 4.69) is 31.0 Å². The van der Waals surface area contributed by atoms with Gasteiger partial charge >= 0.3 is 0 Å². The molecule has 0 saturated carbocycles. The van der Waals surface area contributed by atoms with Gasteiger partial charge in [0, 0.05) is 17.6 Å². The van der Waals surface area contributed by atoms with Crippen molar-refractivity contribution < 1.29 is 8.42 Å². The van der Waals surface area contributed by atoms with E-state index in [1.807, 2.05) is 22.5 Å². The smallest absolute Gasteiger partial charge is 0.211 e. The third-order valence-corrected chi connectivity index (χ3v) is 7.39. The number of likely N-dealkylation sites (N-methyl/N-ethyl adjacent to an activating group) is 1. The molecule has 0 unspecified atom stereocenters. The van der Waals surface area contributed by atoms with Gasteiger partial charge in [-0.05, 0) is 51.8 Å². The molecule has 134 valence electrons. The third-order valence-electron chi connectivity index (χ3n) is 6.07. The summed E-state index contributed by atoms with van der Waals surface area (Å²) in [5.74, 6) is 0. The second-order valence-corrected chi connectivity index (χ2v) is 9.67. The van der Waals surface area contributed by atoms with E-state index in [1.165, 1.54) is 24.7 Å². The summed E-state index contributed by atoms with van der Waals surface area (Å²) in [6.45, 7) is 3.33. The molecule has 24 heavy (non-hydrogen) atoms. The Labute approximate surface area is 146 Å². The first-order valence-electron chi connectivity index (χ1n) is 9.06. The molecule has 0 N–H and O–H groups in total. The number of hydrogen-bond acceptors (Lipinski definition) is 3. The van der Waals surface area contributed by atoms with Crippen LogP contribution in [-0.2, 0) is 16.4 Å². The quantitative estimate of drug-likeness (QED) is 0.842. The number of nitrogens with zero attached hydrogens (tertiary/aromatic N) is 2. The van der Waals surface area contributed by atoms with Crippen LogP contribution >= 0.6 is 0 Å². The highest BCUT2D eigenvalue weighted by Gasteiger charge is 2.54. The molecule has 1 aromatic rings. The van der Waals surface area contributed by atoms with Crippen LogP contribution in [0.5, 0.6) is 0 Å². The number of rotatable bonds is 3. The van der Waals surface area contributed by atoms with Crippen LogP contribution in [0.3, 0.4) is 0 Å². The molecule has 0 radical (unpaired) electrons. The van der Waals surface area contributed by atoms with Crippen LogP contribution in [0, 0.1) is 0 Å². The minimum atomic E-state index is -3.23. The number of hydrogen-bond donors (Lipinski definition) is 0. The highest BCUT2D eigenvalue weighted by Crippen LogP contribution is 2.43. The van der Waals surface area contributed by atoms with Gasteiger partial charge in [0.15, 0.2) is 0 Å². The van der Waals surface area contributed by atoms with Gasteiger partial charge in [-0.25, -0.2) is 8.42 Å². The first-order chi connectivity index (χ1) is 11.3. The van der Waals surface area contributed by atoms with Crippen LogP contribution in [-0.4, -0.2) is 55.1 Å². The van der Waals surface area contributed by atoms with Gasteiger partial charge in [0.25, 0.3) is 0 Å². The Morgan fingerprint density at radius 3 is 2.54 bits per heavy atom. The van der Waals surface area contributed by atoms with Crippen LogP contribution < -0.4 is 0 Å². The molecular weight excluding hydrogens is 320 g/mol. The third kappa shape index (κ3) is 3.39. The largest absolute Gasteiger partial charge is 0.299 e. The molecule has 2 heterocycles. The molecule has 0 aliphatic carbocycles. The van der Waals surface area contributed by atoms with Crippen molar-refractivity contribution >= 4 is 10.0 Å². The number of sulfonamides is 1. The van der Waals surface area contributed by atoms with Crippen LogP contribution in [0.4, 0.5) is 0 Å². The van der Waals surface area contributed by atoms with E-state index in [4.69, 9.17) is 0 Å². The monoisotopic (exact) mass is 350 g/mol. The maximum Gasteiger partial charge on any atom is 0.211 e. The van der Waals surface area contributed by atoms with Gasteiger partial charge < -0.3 is 0 Å². The van der Waals surface area contributed by atoms with Crippen molar-refractivity contribution in [3.8, 4) is 0 Å². The summed E-state index contributed by atoms with van der Waals surface area (Å²) in [6.07, 6.45) is 7.59. The Bertz CT molecular complexity index is 661. The fraction of sp³-hybridized carbons (Fsp3) is 0.684. The highest BCUT2D eigenvalue weighted by atomic mass is 32.2. The van der Waals surface area contributed by atoms with Crippen molar-refractivity contribution in [2.24, 2.45) is 0 Å². The minimum Gasteiger partial charge on any atom is -0.299 e. The molecule has 3 atom stereocenters. The maximum atomic E-state index is 12.6. The van der Waals surface area contributed by atoms with Crippen LogP contribution in [0.15, 0.2) is 30.3 Å². The zero-order valence-corrected chi connectivity index (χ0v) is 15.9. The van der Waals surface area contributed by atoms with Crippen LogP contribution in [0.1, 0.15) is 44.6 Å². The van der Waals surface area contributed by atoms with Crippen LogP contribution in [0.2, 0.25) is 0 Å². The van der Waals surface area contributed by atoms with Crippen LogP contribution in [0.25, 0.3) is 0 Å². The van der Waals surface area contributed by atoms with Gasteiger partial charge in [-0.3, -0.25) is 4.90 Å². The van der Waals surface area contributed by atoms with Crippen molar-refractivity contribution in [2.75, 3.05) is 19.8 Å². The summed E-state index contributed by atoms with van der Waals surface area (Å²) in [6, 6.07) is 10.4. The lowest BCUT2D eigenvalue weighted by atomic mass is 9.84. The molecule has 5 heteroatoms. The molecule has 0 bridgehead atoms. The molecule has 2 saturated heterocycles. The first-order valence-corrected chi connectivity index (χ1v) is 10.9. The van der Waals surface area contributed by atoms with Crippen molar-refractivity contribution in [3.05, 3.63) is 35.9 Å². The van der Waals surface area contributed by atoms with E-state index < -0.39 is 10.0 Å². The summed E-state index contributed by atoms with van der Waals surface area (Å²) in [7, 11) is -1.05. The number of fused-ring (bicyclic) bond motifs is 1. The maximum absolute atomic E-state index is 12.6. The second kappa shape index (κ2) is 6.77. The predicted molar refractivity (Wildman–Crippen MR) is 98.5 cm³/mol. The summed E-state index contributed by atoms with van der Waals surface area (Å²) >= 11 is 0. The molecule has 0 aromatic heterocycles. The lowest BCUT2D eigenvalue weighted by Gasteiger charge is -2.43. The number of likely N-dealkylation sites (tertiary alicyclic amines) is 1. The lowest BCUT2D eigenvalue weighted by Crippen LogP contribution is -2.55. The molecule has 0 spiro atoms. The molecule has 2 aliphatic heterocycles. The predicted octanol–water partition coefficient (Wildman–Crippen LogP) is 2.90. The minimum absolute atomic E-state index is 0.0537. The highest BCUT2D eigenvalue weighted by molar-refractivity contribution is 7.88. The molecule has 2 aliphatic rings. The molecular formula is C19H30N2O2S. The summed E-state index contributed by atoms with van der Waals surface area (Å²) in [4.78, 5) is 2.42. The Morgan fingerprint density at radius 2 is 1.88 bits per heavy atom. The van der Waals surface area contributed by atoms with Gasteiger partial charge in [-0.1, -0.05) is 43.2 Å². The average Bonchev–Trinajstić information content (AvgIpc) is 2.79. The normalized spacial score (nSPS) is 33.0. The molecule has 1 aromatic carbocycles. The Balaban J connectivity index is 1.96. The lowest BCUT2D eigenvalue weighted by molar-refractivity contribution is 0.0877. The fourth-order valence-electron chi connectivity index (χ4n) is 4.75. The van der Waals surface area contributed by atoms with Gasteiger partial charge in [-0.15, -0.1) is 0 Å². The standard InChI is InChI=1S/C19H30N2O2S/c1-19-15-17(14-16-10-6-4-7-11-16)21(24(3,22)23)18(19)12-8-5-9-13-20(19)2/h4,6-7,10-11,17-18H,5,8-9,12-15H2,1-3H3/t17-,18+,19+/m1/s1. The second-order valence-electron chi connectivity index (χ2n) is 7.78. The Hall–Kier alpha value is -0.910. The van der Waals surface area contributed by atoms with Crippen molar-refractivity contribution in [2.45, 2.75) is 63.1 Å². The van der Waals surface area contributed by atoms with Gasteiger partial charge in [0.2, 0.25) is 10.0 Å². The SMILES string of the molecule is CN1CCCCC[C@@H]2N(S(C)(=O)=O)[C@H](Cc3ccccc3)C[C@@]21C. The van der Waals surface area contributed by atoms with Crippen molar-refractivity contribution in [1.29, 1.82) is 0 Å². The van der Waals surface area contributed by atoms with E-state index in [0.717, 1.165) is 32.2 Å². The topological polar surface area (TPSA) is 40.6 Å². The zero-order valence-electron chi connectivity index (χ0n) is 15.1. The summed E-state index contributed by atoms with van der Waals surface area (Å²) in [5, 5.41) is 0. The Morgan fingerprint density at radius 1 is 1.17 bits per heavy atom. The van der Waals surface area contributed by atoms with E-state index >= 15 is 0 Å². The van der Waals surface area contributed by atoms with E-state index in [9.17, 15) is 8.42 Å². The van der Waals surface area contributed by atoms with E-state index in [1.54, 1.807) is 0 Å². The van der Waals surface area contributed by atoms with Crippen molar-refractivity contribution in [1.82, 2.24) is 9.21 Å². The first kappa shape index (κ1) is 17.9. The summed E-state index contributed by atoms with van der Waals surface area (Å²) < 4.78 is 27.1. The molecule has 2 fully saturated rings. The van der Waals surface area contributed by atoms with Gasteiger partial charge in [0.05, 0.1) is 6.26 Å². The fourth-order valence-corrected chi connectivity index (χ4v) is 6.23. The van der Waals surface area contributed by atoms with Gasteiger partial charge in [-0.2, -0.15) is 4.31 Å². The van der Waals surface area contributed by atoms with E-state index in [-0.39, 0.29) is 17.6 Å². The average molecular weight is 351 g/mol. The number of benzene rings is 1. The molecule has 0 amide bonds. The Kier molecular flexibility index (Phi) is 5.05. The van der Waals surface area contributed by atoms with Crippen molar-refractivity contribution in [3.63, 3.8) is 0 Å².